The zero-order valence-electron chi connectivity index (χ0n) is 13.3. The molecular formula is C18H20N4O2. The number of nitrogens with one attached hydrogen (secondary N) is 1. The number of rotatable bonds is 5. The number of likely N-dealkylation sites (tertiary alicyclic amines) is 1. The minimum absolute atomic E-state index is 0.133. The molecule has 1 unspecified atom stereocenters. The summed E-state index contributed by atoms with van der Waals surface area (Å²) in [4.78, 5) is 30.2. The molecule has 2 heterocycles. The lowest BCUT2D eigenvalue weighted by Crippen LogP contribution is -2.38. The van der Waals surface area contributed by atoms with Crippen LogP contribution in [0.25, 0.3) is 0 Å². The van der Waals surface area contributed by atoms with E-state index in [-0.39, 0.29) is 17.9 Å². The summed E-state index contributed by atoms with van der Waals surface area (Å²) in [7, 11) is 0. The predicted molar refractivity (Wildman–Crippen MR) is 91.1 cm³/mol. The van der Waals surface area contributed by atoms with Crippen molar-refractivity contribution >= 4 is 17.5 Å². The molecule has 1 aliphatic heterocycles. The Morgan fingerprint density at radius 2 is 2.08 bits per heavy atom. The number of hydrogen-bond acceptors (Lipinski definition) is 4. The van der Waals surface area contributed by atoms with Crippen molar-refractivity contribution < 1.29 is 9.59 Å². The van der Waals surface area contributed by atoms with Crippen LogP contribution in [-0.4, -0.2) is 34.8 Å². The molecular weight excluding hydrogens is 304 g/mol. The SMILES string of the molecule is Nc1cnccc1C(=O)NC(CN1CCCC1=O)c1ccccc1. The average Bonchev–Trinajstić information content (AvgIpc) is 3.00. The Morgan fingerprint density at radius 3 is 2.75 bits per heavy atom. The van der Waals surface area contributed by atoms with Crippen LogP contribution in [0.2, 0.25) is 0 Å². The second-order valence-corrected chi connectivity index (χ2v) is 5.84. The number of carbonyl (C=O) groups excluding carboxylic acids is 2. The van der Waals surface area contributed by atoms with Gasteiger partial charge in [0.15, 0.2) is 0 Å². The molecule has 2 amide bonds. The van der Waals surface area contributed by atoms with E-state index in [2.05, 4.69) is 10.3 Å². The lowest BCUT2D eigenvalue weighted by atomic mass is 10.1. The van der Waals surface area contributed by atoms with Gasteiger partial charge in [-0.05, 0) is 18.1 Å². The first-order valence-electron chi connectivity index (χ1n) is 7.98. The normalized spacial score (nSPS) is 15.3. The van der Waals surface area contributed by atoms with Gasteiger partial charge in [0.1, 0.15) is 0 Å². The van der Waals surface area contributed by atoms with Crippen LogP contribution in [0.1, 0.15) is 34.8 Å². The van der Waals surface area contributed by atoms with Crippen LogP contribution < -0.4 is 11.1 Å². The van der Waals surface area contributed by atoms with Crippen LogP contribution >= 0.6 is 0 Å². The second-order valence-electron chi connectivity index (χ2n) is 5.84. The largest absolute Gasteiger partial charge is 0.397 e. The fourth-order valence-electron chi connectivity index (χ4n) is 2.89. The van der Waals surface area contributed by atoms with Crippen molar-refractivity contribution in [2.45, 2.75) is 18.9 Å². The van der Waals surface area contributed by atoms with Crippen molar-refractivity contribution in [3.05, 3.63) is 59.9 Å². The number of nitrogens with zero attached hydrogens (tertiary/aromatic N) is 2. The van der Waals surface area contributed by atoms with Gasteiger partial charge in [0, 0.05) is 25.7 Å². The van der Waals surface area contributed by atoms with Gasteiger partial charge in [-0.25, -0.2) is 0 Å². The van der Waals surface area contributed by atoms with Crippen molar-refractivity contribution in [3.8, 4) is 0 Å². The number of anilines is 1. The molecule has 0 aliphatic carbocycles. The monoisotopic (exact) mass is 324 g/mol. The van der Waals surface area contributed by atoms with Gasteiger partial charge in [0.2, 0.25) is 5.91 Å². The third-order valence-electron chi connectivity index (χ3n) is 4.18. The van der Waals surface area contributed by atoms with Crippen molar-refractivity contribution in [2.75, 3.05) is 18.8 Å². The van der Waals surface area contributed by atoms with Crippen LogP contribution in [0.3, 0.4) is 0 Å². The van der Waals surface area contributed by atoms with Crippen LogP contribution in [0.5, 0.6) is 0 Å². The van der Waals surface area contributed by atoms with Gasteiger partial charge >= 0.3 is 0 Å². The van der Waals surface area contributed by atoms with Crippen molar-refractivity contribution in [1.82, 2.24) is 15.2 Å². The van der Waals surface area contributed by atoms with Gasteiger partial charge in [0.05, 0.1) is 23.5 Å². The molecule has 0 spiro atoms. The van der Waals surface area contributed by atoms with E-state index >= 15 is 0 Å². The zero-order chi connectivity index (χ0) is 16.9. The Hall–Kier alpha value is -2.89. The predicted octanol–water partition coefficient (Wildman–Crippen LogP) is 1.76. The molecule has 24 heavy (non-hydrogen) atoms. The maximum Gasteiger partial charge on any atom is 0.254 e. The molecule has 0 radical (unpaired) electrons. The summed E-state index contributed by atoms with van der Waals surface area (Å²) in [6.07, 6.45) is 4.43. The van der Waals surface area contributed by atoms with Gasteiger partial charge < -0.3 is 16.0 Å². The topological polar surface area (TPSA) is 88.3 Å². The van der Waals surface area contributed by atoms with Gasteiger partial charge in [-0.15, -0.1) is 0 Å². The molecule has 6 nitrogen and oxygen atoms in total. The quantitative estimate of drug-likeness (QED) is 0.877. The summed E-state index contributed by atoms with van der Waals surface area (Å²) < 4.78 is 0. The Kier molecular flexibility index (Phi) is 4.74. The maximum absolute atomic E-state index is 12.6. The Morgan fingerprint density at radius 1 is 1.29 bits per heavy atom. The van der Waals surface area contributed by atoms with E-state index in [1.54, 1.807) is 11.0 Å². The fraction of sp³-hybridized carbons (Fsp3) is 0.278. The molecule has 3 rings (SSSR count). The standard InChI is InChI=1S/C18H20N4O2/c19-15-11-20-9-8-14(15)18(24)21-16(13-5-2-1-3-6-13)12-22-10-4-7-17(22)23/h1-3,5-6,8-9,11,16H,4,7,10,12,19H2,(H,21,24). The van der Waals surface area contributed by atoms with E-state index in [1.165, 1.54) is 12.4 Å². The first kappa shape index (κ1) is 16.0. The molecule has 0 saturated carbocycles. The third kappa shape index (κ3) is 3.53. The summed E-state index contributed by atoms with van der Waals surface area (Å²) in [5.74, 6) is -0.135. The van der Waals surface area contributed by atoms with Crippen LogP contribution in [0.15, 0.2) is 48.8 Å². The zero-order valence-corrected chi connectivity index (χ0v) is 13.3. The molecule has 1 fully saturated rings. The summed E-state index contributed by atoms with van der Waals surface area (Å²) >= 11 is 0. The summed E-state index contributed by atoms with van der Waals surface area (Å²) in [6, 6.07) is 11.0. The highest BCUT2D eigenvalue weighted by atomic mass is 16.2. The van der Waals surface area contributed by atoms with Crippen molar-refractivity contribution in [3.63, 3.8) is 0 Å². The highest BCUT2D eigenvalue weighted by molar-refractivity contribution is 5.99. The molecule has 1 aliphatic rings. The lowest BCUT2D eigenvalue weighted by molar-refractivity contribution is -0.128. The second kappa shape index (κ2) is 7.12. The van der Waals surface area contributed by atoms with Gasteiger partial charge in [-0.3, -0.25) is 14.6 Å². The van der Waals surface area contributed by atoms with Gasteiger partial charge in [-0.2, -0.15) is 0 Å². The molecule has 1 saturated heterocycles. The van der Waals surface area contributed by atoms with Gasteiger partial charge in [0.25, 0.3) is 5.91 Å². The molecule has 2 aromatic rings. The number of nitrogen functional groups attached to an aromatic ring is 1. The minimum atomic E-state index is -0.284. The van der Waals surface area contributed by atoms with Crippen molar-refractivity contribution in [2.24, 2.45) is 0 Å². The first-order valence-corrected chi connectivity index (χ1v) is 7.98. The number of nitrogens with two attached hydrogens (primary N) is 1. The van der Waals surface area contributed by atoms with E-state index in [0.717, 1.165) is 18.5 Å². The number of carbonyl (C=O) groups is 2. The Balaban J connectivity index is 1.81. The number of aromatic nitrogens is 1. The molecule has 0 bridgehead atoms. The average molecular weight is 324 g/mol. The number of amides is 2. The van der Waals surface area contributed by atoms with E-state index < -0.39 is 0 Å². The number of benzene rings is 1. The van der Waals surface area contributed by atoms with Crippen molar-refractivity contribution in [1.29, 1.82) is 0 Å². The highest BCUT2D eigenvalue weighted by Gasteiger charge is 2.25. The van der Waals surface area contributed by atoms with Gasteiger partial charge in [-0.1, -0.05) is 30.3 Å². The van der Waals surface area contributed by atoms with Crippen LogP contribution in [0.4, 0.5) is 5.69 Å². The van der Waals surface area contributed by atoms with E-state index in [4.69, 9.17) is 5.73 Å². The molecule has 6 heteroatoms. The number of pyridine rings is 1. The van der Waals surface area contributed by atoms with Crippen LogP contribution in [-0.2, 0) is 4.79 Å². The van der Waals surface area contributed by atoms with E-state index in [9.17, 15) is 9.59 Å². The molecule has 1 atom stereocenters. The summed E-state index contributed by atoms with van der Waals surface area (Å²) in [5, 5.41) is 3.00. The third-order valence-corrected chi connectivity index (χ3v) is 4.18. The molecule has 124 valence electrons. The lowest BCUT2D eigenvalue weighted by Gasteiger charge is -2.25. The smallest absolute Gasteiger partial charge is 0.254 e. The molecule has 1 aromatic carbocycles. The minimum Gasteiger partial charge on any atom is -0.397 e. The number of hydrogen-bond donors (Lipinski definition) is 2. The summed E-state index contributed by atoms with van der Waals surface area (Å²) in [6.45, 7) is 1.19. The van der Waals surface area contributed by atoms with E-state index in [1.807, 2.05) is 30.3 Å². The maximum atomic E-state index is 12.6. The molecule has 3 N–H and O–H groups in total. The molecule has 1 aromatic heterocycles. The van der Waals surface area contributed by atoms with E-state index in [0.29, 0.717) is 24.2 Å². The highest BCUT2D eigenvalue weighted by Crippen LogP contribution is 2.20. The fourth-order valence-corrected chi connectivity index (χ4v) is 2.89. The Labute approximate surface area is 140 Å². The Bertz CT molecular complexity index is 733. The summed E-state index contributed by atoms with van der Waals surface area (Å²) in [5.41, 5.74) is 7.51. The van der Waals surface area contributed by atoms with Crippen LogP contribution in [0, 0.1) is 0 Å². The first-order chi connectivity index (χ1) is 11.6.